The molecule has 0 spiro atoms. The Balaban J connectivity index is 2.12. The lowest BCUT2D eigenvalue weighted by molar-refractivity contribution is -0.135. The van der Waals surface area contributed by atoms with Gasteiger partial charge in [-0.15, -0.1) is 6.58 Å². The van der Waals surface area contributed by atoms with E-state index in [1.165, 1.54) is 29.8 Å². The molecule has 0 saturated heterocycles. The van der Waals surface area contributed by atoms with Gasteiger partial charge in [0.15, 0.2) is 11.5 Å². The van der Waals surface area contributed by atoms with Crippen molar-refractivity contribution in [3.63, 3.8) is 0 Å². The van der Waals surface area contributed by atoms with E-state index in [1.54, 1.807) is 25.3 Å². The van der Waals surface area contributed by atoms with Gasteiger partial charge in [0.25, 0.3) is 11.8 Å². The lowest BCUT2D eigenvalue weighted by Gasteiger charge is -2.12. The zero-order valence-electron chi connectivity index (χ0n) is 15.1. The van der Waals surface area contributed by atoms with Crippen LogP contribution in [0, 0.1) is 0 Å². The van der Waals surface area contributed by atoms with Gasteiger partial charge in [-0.1, -0.05) is 42.1 Å². The van der Waals surface area contributed by atoms with E-state index in [1.807, 2.05) is 30.3 Å². The van der Waals surface area contributed by atoms with Gasteiger partial charge in [-0.05, 0) is 29.8 Å². The summed E-state index contributed by atoms with van der Waals surface area (Å²) in [6.45, 7) is 3.80. The Morgan fingerprint density at radius 1 is 1.00 bits per heavy atom. The molecule has 0 fully saturated rings. The first-order chi connectivity index (χ1) is 13.1. The highest BCUT2D eigenvalue weighted by molar-refractivity contribution is 8.04. The highest BCUT2D eigenvalue weighted by atomic mass is 32.2. The van der Waals surface area contributed by atoms with E-state index >= 15 is 0 Å². The highest BCUT2D eigenvalue weighted by Crippen LogP contribution is 2.41. The maximum absolute atomic E-state index is 13.0. The van der Waals surface area contributed by atoms with Crippen LogP contribution in [0.15, 0.2) is 71.0 Å². The Labute approximate surface area is 162 Å². The molecule has 1 heterocycles. The van der Waals surface area contributed by atoms with Gasteiger partial charge in [-0.3, -0.25) is 14.5 Å². The van der Waals surface area contributed by atoms with Gasteiger partial charge in [0.1, 0.15) is 0 Å². The summed E-state index contributed by atoms with van der Waals surface area (Å²) in [5.41, 5.74) is 0.965. The quantitative estimate of drug-likeness (QED) is 0.540. The second-order valence-corrected chi connectivity index (χ2v) is 6.78. The minimum atomic E-state index is -0.342. The number of methoxy groups -OCH3 is 2. The molecule has 0 radical (unpaired) electrons. The lowest BCUT2D eigenvalue weighted by atomic mass is 10.1. The molecule has 1 aliphatic heterocycles. The van der Waals surface area contributed by atoms with Crippen molar-refractivity contribution in [2.75, 3.05) is 20.8 Å². The van der Waals surface area contributed by atoms with Crippen LogP contribution in [0.4, 0.5) is 0 Å². The van der Waals surface area contributed by atoms with Crippen LogP contribution in [0.3, 0.4) is 0 Å². The Hall–Kier alpha value is -2.99. The van der Waals surface area contributed by atoms with Crippen LogP contribution in [0.5, 0.6) is 11.5 Å². The molecular weight excluding hydrogens is 362 g/mol. The molecule has 2 aromatic rings. The van der Waals surface area contributed by atoms with Gasteiger partial charge in [-0.2, -0.15) is 0 Å². The molecule has 0 aromatic heterocycles. The third kappa shape index (κ3) is 3.61. The van der Waals surface area contributed by atoms with Crippen molar-refractivity contribution in [2.24, 2.45) is 0 Å². The molecular formula is C21H19NO4S. The highest BCUT2D eigenvalue weighted by Gasteiger charge is 2.39. The van der Waals surface area contributed by atoms with Crippen molar-refractivity contribution in [3.8, 4) is 11.5 Å². The van der Waals surface area contributed by atoms with Crippen molar-refractivity contribution in [1.82, 2.24) is 4.90 Å². The number of benzene rings is 2. The number of nitrogens with zero attached hydrogens (tertiary/aromatic N) is 1. The summed E-state index contributed by atoms with van der Waals surface area (Å²) in [6, 6.07) is 14.7. The van der Waals surface area contributed by atoms with Crippen molar-refractivity contribution < 1.29 is 19.1 Å². The van der Waals surface area contributed by atoms with E-state index in [9.17, 15) is 9.59 Å². The van der Waals surface area contributed by atoms with Crippen LogP contribution in [0.2, 0.25) is 0 Å². The van der Waals surface area contributed by atoms with Crippen LogP contribution in [0.25, 0.3) is 5.57 Å². The Morgan fingerprint density at radius 3 is 2.33 bits per heavy atom. The number of thioether (sulfide) groups is 1. The summed E-state index contributed by atoms with van der Waals surface area (Å²) in [4.78, 5) is 28.3. The second-order valence-electron chi connectivity index (χ2n) is 5.70. The normalized spacial score (nSPS) is 13.9. The smallest absolute Gasteiger partial charge is 0.268 e. The fourth-order valence-electron chi connectivity index (χ4n) is 2.80. The van der Waals surface area contributed by atoms with Gasteiger partial charge in [0.05, 0.1) is 24.7 Å². The number of amides is 2. The number of carbonyl (C=O) groups excluding carboxylic acids is 2. The van der Waals surface area contributed by atoms with E-state index < -0.39 is 0 Å². The zero-order chi connectivity index (χ0) is 19.4. The number of carbonyl (C=O) groups is 2. The number of hydrogen-bond acceptors (Lipinski definition) is 5. The van der Waals surface area contributed by atoms with Gasteiger partial charge in [-0.25, -0.2) is 0 Å². The summed E-state index contributed by atoms with van der Waals surface area (Å²) < 4.78 is 10.6. The molecule has 3 rings (SSSR count). The number of imide groups is 1. The predicted octanol–water partition coefficient (Wildman–Crippen LogP) is 3.76. The predicted molar refractivity (Wildman–Crippen MR) is 106 cm³/mol. The summed E-state index contributed by atoms with van der Waals surface area (Å²) in [5.74, 6) is 0.386. The van der Waals surface area contributed by atoms with Crippen molar-refractivity contribution in [1.29, 1.82) is 0 Å². The van der Waals surface area contributed by atoms with E-state index in [-0.39, 0.29) is 18.4 Å². The van der Waals surface area contributed by atoms with Gasteiger partial charge < -0.3 is 9.47 Å². The molecule has 27 heavy (non-hydrogen) atoms. The molecule has 0 aliphatic carbocycles. The maximum atomic E-state index is 13.0. The molecule has 0 bridgehead atoms. The molecule has 0 atom stereocenters. The summed E-state index contributed by atoms with van der Waals surface area (Å²) in [7, 11) is 3.07. The minimum Gasteiger partial charge on any atom is -0.493 e. The van der Waals surface area contributed by atoms with Crippen LogP contribution in [-0.2, 0) is 9.59 Å². The lowest BCUT2D eigenvalue weighted by Crippen LogP contribution is -2.31. The van der Waals surface area contributed by atoms with Crippen molar-refractivity contribution in [3.05, 3.63) is 71.7 Å². The SMILES string of the molecule is C=CCN1C(=O)C(Sc2ccccc2)=C(c2ccc(OC)c(OC)c2)C1=O. The Kier molecular flexibility index (Phi) is 5.66. The van der Waals surface area contributed by atoms with E-state index in [0.717, 1.165) is 4.90 Å². The number of rotatable bonds is 7. The van der Waals surface area contributed by atoms with Gasteiger partial charge >= 0.3 is 0 Å². The van der Waals surface area contributed by atoms with Gasteiger partial charge in [0.2, 0.25) is 0 Å². The topological polar surface area (TPSA) is 55.8 Å². The Morgan fingerprint density at radius 2 is 1.70 bits per heavy atom. The van der Waals surface area contributed by atoms with Crippen LogP contribution in [0.1, 0.15) is 5.56 Å². The minimum absolute atomic E-state index is 0.160. The molecule has 5 nitrogen and oxygen atoms in total. The second kappa shape index (κ2) is 8.14. The first-order valence-electron chi connectivity index (χ1n) is 8.27. The van der Waals surface area contributed by atoms with Crippen LogP contribution < -0.4 is 9.47 Å². The number of ether oxygens (including phenoxy) is 2. The summed E-state index contributed by atoms with van der Waals surface area (Å²) in [6.07, 6.45) is 1.54. The van der Waals surface area contributed by atoms with Crippen molar-refractivity contribution >= 4 is 29.1 Å². The first kappa shape index (κ1) is 18.8. The molecule has 138 valence electrons. The molecule has 0 N–H and O–H groups in total. The molecule has 0 saturated carbocycles. The molecule has 0 unspecified atom stereocenters. The third-order valence-corrected chi connectivity index (χ3v) is 5.16. The fraction of sp³-hybridized carbons (Fsp3) is 0.143. The molecule has 2 amide bonds. The van der Waals surface area contributed by atoms with Gasteiger partial charge in [0, 0.05) is 11.4 Å². The molecule has 1 aliphatic rings. The monoisotopic (exact) mass is 381 g/mol. The van der Waals surface area contributed by atoms with E-state index in [0.29, 0.717) is 27.5 Å². The van der Waals surface area contributed by atoms with E-state index in [4.69, 9.17) is 9.47 Å². The van der Waals surface area contributed by atoms with Crippen molar-refractivity contribution in [2.45, 2.75) is 4.90 Å². The largest absolute Gasteiger partial charge is 0.493 e. The maximum Gasteiger partial charge on any atom is 0.268 e. The average Bonchev–Trinajstić information content (AvgIpc) is 2.93. The van der Waals surface area contributed by atoms with Crippen LogP contribution >= 0.6 is 11.8 Å². The summed E-state index contributed by atoms with van der Waals surface area (Å²) in [5, 5.41) is 0. The van der Waals surface area contributed by atoms with Crippen LogP contribution in [-0.4, -0.2) is 37.5 Å². The molecule has 2 aromatic carbocycles. The summed E-state index contributed by atoms with van der Waals surface area (Å²) >= 11 is 1.28. The fourth-order valence-corrected chi connectivity index (χ4v) is 3.83. The molecule has 6 heteroatoms. The zero-order valence-corrected chi connectivity index (χ0v) is 15.9. The third-order valence-electron chi connectivity index (χ3n) is 4.07. The number of hydrogen-bond donors (Lipinski definition) is 0. The standard InChI is InChI=1S/C21H19NO4S/c1-4-12-22-20(23)18(14-10-11-16(25-2)17(13-14)26-3)19(21(22)24)27-15-8-6-5-7-9-15/h4-11,13H,1,12H2,2-3H3. The average molecular weight is 381 g/mol. The van der Waals surface area contributed by atoms with E-state index in [2.05, 4.69) is 6.58 Å². The Bertz CT molecular complexity index is 921. The first-order valence-corrected chi connectivity index (χ1v) is 9.09.